The summed E-state index contributed by atoms with van der Waals surface area (Å²) in [6, 6.07) is 0.528. The molecule has 3 unspecified atom stereocenters. The lowest BCUT2D eigenvalue weighted by Crippen LogP contribution is -2.45. The van der Waals surface area contributed by atoms with Crippen molar-refractivity contribution in [2.45, 2.75) is 76.4 Å². The molecule has 0 aromatic rings. The second-order valence-corrected chi connectivity index (χ2v) is 6.81. The van der Waals surface area contributed by atoms with Gasteiger partial charge in [0, 0.05) is 17.7 Å². The zero-order valence-electron chi connectivity index (χ0n) is 13.0. The summed E-state index contributed by atoms with van der Waals surface area (Å²) < 4.78 is 6.10. The lowest BCUT2D eigenvalue weighted by Gasteiger charge is -2.38. The monoisotopic (exact) mass is 293 g/mol. The van der Waals surface area contributed by atoms with E-state index in [1.165, 1.54) is 31.3 Å². The quantitative estimate of drug-likeness (QED) is 0.817. The van der Waals surface area contributed by atoms with Crippen LogP contribution in [0.1, 0.15) is 64.7 Å². The van der Waals surface area contributed by atoms with E-state index in [2.05, 4.69) is 12.2 Å². The molecule has 118 valence electrons. The number of aliphatic carboxylic acids is 1. The minimum absolute atomic E-state index is 0.0955. The first kappa shape index (κ1) is 14.9. The number of fused-ring (bicyclic) bond motifs is 2. The lowest BCUT2D eigenvalue weighted by molar-refractivity contribution is -0.145. The summed E-state index contributed by atoms with van der Waals surface area (Å²) in [4.78, 5) is 11.4. The second kappa shape index (κ2) is 5.99. The Hall–Kier alpha value is -1.03. The van der Waals surface area contributed by atoms with E-state index in [4.69, 9.17) is 4.74 Å². The molecule has 0 aromatic carbocycles. The van der Waals surface area contributed by atoms with Gasteiger partial charge in [-0.05, 0) is 31.3 Å². The second-order valence-electron chi connectivity index (χ2n) is 6.81. The Morgan fingerprint density at radius 1 is 1.43 bits per heavy atom. The van der Waals surface area contributed by atoms with Gasteiger partial charge in [0.2, 0.25) is 0 Å². The Balaban J connectivity index is 1.91. The van der Waals surface area contributed by atoms with Crippen LogP contribution in [0.15, 0.2) is 11.3 Å². The van der Waals surface area contributed by atoms with Gasteiger partial charge in [-0.1, -0.05) is 32.6 Å². The van der Waals surface area contributed by atoms with Gasteiger partial charge in [0.05, 0.1) is 13.0 Å². The zero-order chi connectivity index (χ0) is 14.9. The Morgan fingerprint density at radius 2 is 2.24 bits per heavy atom. The molecule has 3 aliphatic rings. The molecule has 4 heteroatoms. The lowest BCUT2D eigenvalue weighted by atomic mass is 9.78. The highest BCUT2D eigenvalue weighted by molar-refractivity contribution is 5.69. The predicted molar refractivity (Wildman–Crippen MR) is 81.0 cm³/mol. The van der Waals surface area contributed by atoms with Crippen molar-refractivity contribution >= 4 is 5.97 Å². The molecule has 1 aliphatic carbocycles. The molecule has 0 radical (unpaired) electrons. The van der Waals surface area contributed by atoms with Crippen LogP contribution in [-0.4, -0.2) is 29.3 Å². The first-order chi connectivity index (χ1) is 10.2. The summed E-state index contributed by atoms with van der Waals surface area (Å²) in [5.74, 6) is -0.121. The Bertz CT molecular complexity index is 445. The predicted octanol–water partition coefficient (Wildman–Crippen LogP) is 3.23. The topological polar surface area (TPSA) is 58.6 Å². The minimum Gasteiger partial charge on any atom is -0.481 e. The van der Waals surface area contributed by atoms with E-state index in [-0.39, 0.29) is 6.42 Å². The molecule has 0 saturated heterocycles. The molecule has 3 atom stereocenters. The fourth-order valence-electron chi connectivity index (χ4n) is 4.48. The molecule has 0 aromatic heterocycles. The number of rotatable bonds is 5. The minimum atomic E-state index is -0.753. The first-order valence-corrected chi connectivity index (χ1v) is 8.52. The molecule has 0 spiro atoms. The number of ether oxygens (including phenoxy) is 1. The van der Waals surface area contributed by atoms with Gasteiger partial charge in [-0.2, -0.15) is 0 Å². The van der Waals surface area contributed by atoms with Crippen molar-refractivity contribution in [3.05, 3.63) is 11.3 Å². The van der Waals surface area contributed by atoms with Crippen LogP contribution in [0.3, 0.4) is 0 Å². The zero-order valence-corrected chi connectivity index (χ0v) is 13.0. The molecule has 2 N–H and O–H groups in total. The Kier molecular flexibility index (Phi) is 4.25. The number of carboxylic acids is 1. The highest BCUT2D eigenvalue weighted by Crippen LogP contribution is 2.47. The van der Waals surface area contributed by atoms with Gasteiger partial charge in [-0.15, -0.1) is 0 Å². The summed E-state index contributed by atoms with van der Waals surface area (Å²) in [5.41, 5.74) is 2.05. The molecule has 1 fully saturated rings. The van der Waals surface area contributed by atoms with Crippen molar-refractivity contribution in [2.24, 2.45) is 5.92 Å². The molecule has 1 saturated carbocycles. The standard InChI is InChI=1S/C17H27NO3/c1-2-3-9-17(11-15(19)20)16-13(8-10-21-17)12-6-4-5-7-14(12)18-16/h12,14,18H,2-11H2,1H3,(H,19,20). The highest BCUT2D eigenvalue weighted by atomic mass is 16.5. The largest absolute Gasteiger partial charge is 0.481 e. The molecule has 3 rings (SSSR count). The van der Waals surface area contributed by atoms with E-state index in [0.29, 0.717) is 18.6 Å². The third kappa shape index (κ3) is 2.70. The fraction of sp³-hybridized carbons (Fsp3) is 0.824. The maximum atomic E-state index is 11.4. The first-order valence-electron chi connectivity index (χ1n) is 8.52. The third-order valence-electron chi connectivity index (χ3n) is 5.44. The summed E-state index contributed by atoms with van der Waals surface area (Å²) in [6.07, 6.45) is 9.05. The summed E-state index contributed by atoms with van der Waals surface area (Å²) in [6.45, 7) is 2.83. The number of nitrogens with one attached hydrogen (secondary N) is 1. The molecular formula is C17H27NO3. The van der Waals surface area contributed by atoms with E-state index < -0.39 is 11.6 Å². The Labute approximate surface area is 126 Å². The maximum Gasteiger partial charge on any atom is 0.306 e. The van der Waals surface area contributed by atoms with Crippen LogP contribution >= 0.6 is 0 Å². The van der Waals surface area contributed by atoms with Gasteiger partial charge < -0.3 is 15.2 Å². The van der Waals surface area contributed by atoms with Crippen molar-refractivity contribution in [3.8, 4) is 0 Å². The van der Waals surface area contributed by atoms with Gasteiger partial charge in [0.1, 0.15) is 5.60 Å². The van der Waals surface area contributed by atoms with Crippen molar-refractivity contribution in [1.82, 2.24) is 5.32 Å². The maximum absolute atomic E-state index is 11.4. The van der Waals surface area contributed by atoms with Gasteiger partial charge >= 0.3 is 5.97 Å². The normalized spacial score (nSPS) is 35.1. The molecule has 21 heavy (non-hydrogen) atoms. The fourth-order valence-corrected chi connectivity index (χ4v) is 4.48. The number of hydrogen-bond donors (Lipinski definition) is 2. The summed E-state index contributed by atoms with van der Waals surface area (Å²) in [5, 5.41) is 13.1. The van der Waals surface area contributed by atoms with E-state index in [9.17, 15) is 9.90 Å². The van der Waals surface area contributed by atoms with E-state index in [1.54, 1.807) is 0 Å². The van der Waals surface area contributed by atoms with Crippen molar-refractivity contribution < 1.29 is 14.6 Å². The molecule has 0 bridgehead atoms. The van der Waals surface area contributed by atoms with Crippen LogP contribution in [0.5, 0.6) is 0 Å². The number of carbonyl (C=O) groups is 1. The van der Waals surface area contributed by atoms with Gasteiger partial charge in [-0.3, -0.25) is 4.79 Å². The van der Waals surface area contributed by atoms with Crippen LogP contribution in [0.4, 0.5) is 0 Å². The Morgan fingerprint density at radius 3 is 3.00 bits per heavy atom. The smallest absolute Gasteiger partial charge is 0.306 e. The highest BCUT2D eigenvalue weighted by Gasteiger charge is 2.48. The van der Waals surface area contributed by atoms with Crippen LogP contribution in [0.25, 0.3) is 0 Å². The van der Waals surface area contributed by atoms with Crippen LogP contribution in [-0.2, 0) is 9.53 Å². The summed E-state index contributed by atoms with van der Waals surface area (Å²) >= 11 is 0. The summed E-state index contributed by atoms with van der Waals surface area (Å²) in [7, 11) is 0. The van der Waals surface area contributed by atoms with E-state index >= 15 is 0 Å². The van der Waals surface area contributed by atoms with E-state index in [0.717, 1.165) is 31.4 Å². The number of hydrogen-bond acceptors (Lipinski definition) is 3. The molecule has 2 heterocycles. The number of unbranched alkanes of at least 4 members (excludes halogenated alkanes) is 1. The molecule has 4 nitrogen and oxygen atoms in total. The third-order valence-corrected chi connectivity index (χ3v) is 5.44. The van der Waals surface area contributed by atoms with Crippen LogP contribution in [0.2, 0.25) is 0 Å². The van der Waals surface area contributed by atoms with E-state index in [1.807, 2.05) is 0 Å². The average Bonchev–Trinajstić information content (AvgIpc) is 2.85. The SMILES string of the molecule is CCCCC1(CC(=O)O)OCCC2=C1NC1CCCCC21. The van der Waals surface area contributed by atoms with Crippen molar-refractivity contribution in [1.29, 1.82) is 0 Å². The van der Waals surface area contributed by atoms with Crippen molar-refractivity contribution in [2.75, 3.05) is 6.61 Å². The van der Waals surface area contributed by atoms with Crippen LogP contribution in [0, 0.1) is 5.92 Å². The van der Waals surface area contributed by atoms with Gasteiger partial charge in [-0.25, -0.2) is 0 Å². The molecule has 2 aliphatic heterocycles. The van der Waals surface area contributed by atoms with Crippen molar-refractivity contribution in [3.63, 3.8) is 0 Å². The molecule has 0 amide bonds. The van der Waals surface area contributed by atoms with Gasteiger partial charge in [0.15, 0.2) is 0 Å². The van der Waals surface area contributed by atoms with Crippen LogP contribution < -0.4 is 5.32 Å². The molecular weight excluding hydrogens is 266 g/mol. The van der Waals surface area contributed by atoms with Gasteiger partial charge in [0.25, 0.3) is 0 Å². The number of carboxylic acid groups (broad SMARTS) is 1. The average molecular weight is 293 g/mol.